The van der Waals surface area contributed by atoms with Gasteiger partial charge in [0.15, 0.2) is 0 Å². The fraction of sp³-hybridized carbons (Fsp3) is 0.571. The molecule has 1 N–H and O–H groups in total. The van der Waals surface area contributed by atoms with E-state index in [2.05, 4.69) is 12.1 Å². The third kappa shape index (κ3) is 1.64. The molecule has 0 spiro atoms. The van der Waals surface area contributed by atoms with Crippen molar-refractivity contribution in [3.8, 4) is 5.75 Å². The largest absolute Gasteiger partial charge is 0.508 e. The molecule has 2 bridgehead atoms. The topological polar surface area (TPSA) is 20.2 Å². The summed E-state index contributed by atoms with van der Waals surface area (Å²) in [5.74, 6) is 3.06. The van der Waals surface area contributed by atoms with Gasteiger partial charge >= 0.3 is 0 Å². The van der Waals surface area contributed by atoms with E-state index in [4.69, 9.17) is 0 Å². The summed E-state index contributed by atoms with van der Waals surface area (Å²) in [6, 6.07) is 7.89. The van der Waals surface area contributed by atoms with Crippen LogP contribution in [0.4, 0.5) is 0 Å². The molecule has 0 amide bonds. The van der Waals surface area contributed by atoms with E-state index in [1.807, 2.05) is 12.1 Å². The molecule has 3 aliphatic rings. The summed E-state index contributed by atoms with van der Waals surface area (Å²) in [6.45, 7) is 0. The fourth-order valence-electron chi connectivity index (χ4n) is 3.51. The number of hydrogen-bond donors (Lipinski definition) is 1. The molecule has 4 rings (SSSR count). The van der Waals surface area contributed by atoms with Crippen molar-refractivity contribution in [2.45, 2.75) is 38.0 Å². The van der Waals surface area contributed by atoms with Gasteiger partial charge in [-0.2, -0.15) is 0 Å². The smallest absolute Gasteiger partial charge is 0.115 e. The third-order valence-electron chi connectivity index (χ3n) is 4.37. The SMILES string of the molecule is Oc1ccc(C2CC3CCC2CC3)cc1. The summed E-state index contributed by atoms with van der Waals surface area (Å²) in [5, 5.41) is 9.29. The van der Waals surface area contributed by atoms with Crippen molar-refractivity contribution >= 4 is 0 Å². The van der Waals surface area contributed by atoms with Crippen LogP contribution < -0.4 is 0 Å². The number of phenols is 1. The molecule has 0 aliphatic heterocycles. The molecule has 15 heavy (non-hydrogen) atoms. The van der Waals surface area contributed by atoms with Crippen LogP contribution in [0.5, 0.6) is 5.75 Å². The Bertz CT molecular complexity index is 333. The van der Waals surface area contributed by atoms with Crippen LogP contribution in [0.2, 0.25) is 0 Å². The van der Waals surface area contributed by atoms with Crippen molar-refractivity contribution in [2.75, 3.05) is 0 Å². The second kappa shape index (κ2) is 3.55. The van der Waals surface area contributed by atoms with Crippen molar-refractivity contribution in [2.24, 2.45) is 11.8 Å². The molecule has 1 atom stereocenters. The Morgan fingerprint density at radius 2 is 1.60 bits per heavy atom. The highest BCUT2D eigenvalue weighted by atomic mass is 16.3. The number of benzene rings is 1. The molecule has 1 aromatic carbocycles. The summed E-state index contributed by atoms with van der Waals surface area (Å²) in [5.41, 5.74) is 1.45. The molecule has 3 saturated carbocycles. The van der Waals surface area contributed by atoms with Gasteiger partial charge in [0.25, 0.3) is 0 Å². The van der Waals surface area contributed by atoms with Crippen LogP contribution in [-0.2, 0) is 0 Å². The van der Waals surface area contributed by atoms with Gasteiger partial charge in [-0.15, -0.1) is 0 Å². The number of rotatable bonds is 1. The van der Waals surface area contributed by atoms with Gasteiger partial charge < -0.3 is 5.11 Å². The first-order valence-corrected chi connectivity index (χ1v) is 6.12. The Balaban J connectivity index is 1.85. The van der Waals surface area contributed by atoms with E-state index in [-0.39, 0.29) is 0 Å². The molecular formula is C14H18O. The Hall–Kier alpha value is -0.980. The van der Waals surface area contributed by atoms with Gasteiger partial charge in [0.1, 0.15) is 5.75 Å². The van der Waals surface area contributed by atoms with Gasteiger partial charge in [-0.25, -0.2) is 0 Å². The number of aromatic hydroxyl groups is 1. The molecule has 0 aromatic heterocycles. The molecule has 3 fully saturated rings. The van der Waals surface area contributed by atoms with E-state index in [0.717, 1.165) is 17.8 Å². The number of phenolic OH excluding ortho intramolecular Hbond substituents is 1. The lowest BCUT2D eigenvalue weighted by molar-refractivity contribution is 0.145. The predicted octanol–water partition coefficient (Wildman–Crippen LogP) is 3.69. The van der Waals surface area contributed by atoms with Crippen molar-refractivity contribution in [3.63, 3.8) is 0 Å². The average Bonchev–Trinajstić information content (AvgIpc) is 2.31. The van der Waals surface area contributed by atoms with E-state index in [1.165, 1.54) is 37.7 Å². The van der Waals surface area contributed by atoms with Crippen LogP contribution in [-0.4, -0.2) is 5.11 Å². The average molecular weight is 202 g/mol. The summed E-state index contributed by atoms with van der Waals surface area (Å²) in [4.78, 5) is 0. The molecule has 1 nitrogen and oxygen atoms in total. The molecule has 1 heteroatoms. The minimum atomic E-state index is 0.389. The lowest BCUT2D eigenvalue weighted by atomic mass is 9.63. The zero-order chi connectivity index (χ0) is 10.3. The normalized spacial score (nSPS) is 34.3. The molecule has 0 saturated heterocycles. The van der Waals surface area contributed by atoms with Gasteiger partial charge in [0.05, 0.1) is 0 Å². The van der Waals surface area contributed by atoms with Crippen molar-refractivity contribution in [1.29, 1.82) is 0 Å². The number of fused-ring (bicyclic) bond motifs is 3. The van der Waals surface area contributed by atoms with Crippen LogP contribution in [0.25, 0.3) is 0 Å². The van der Waals surface area contributed by atoms with Gasteiger partial charge in [0.2, 0.25) is 0 Å². The minimum Gasteiger partial charge on any atom is -0.508 e. The first kappa shape index (κ1) is 9.26. The Morgan fingerprint density at radius 3 is 2.13 bits per heavy atom. The molecule has 0 heterocycles. The highest BCUT2D eigenvalue weighted by Crippen LogP contribution is 2.49. The van der Waals surface area contributed by atoms with Crippen molar-refractivity contribution < 1.29 is 5.11 Å². The quantitative estimate of drug-likeness (QED) is 0.736. The Morgan fingerprint density at radius 1 is 0.933 bits per heavy atom. The van der Waals surface area contributed by atoms with E-state index >= 15 is 0 Å². The van der Waals surface area contributed by atoms with Crippen LogP contribution >= 0.6 is 0 Å². The Labute approximate surface area is 91.1 Å². The maximum atomic E-state index is 9.29. The Kier molecular flexibility index (Phi) is 2.19. The first-order valence-electron chi connectivity index (χ1n) is 6.12. The lowest BCUT2D eigenvalue weighted by Crippen LogP contribution is -2.29. The summed E-state index contributed by atoms with van der Waals surface area (Å²) in [6.07, 6.45) is 7.15. The molecule has 0 radical (unpaired) electrons. The monoisotopic (exact) mass is 202 g/mol. The second-order valence-electron chi connectivity index (χ2n) is 5.21. The van der Waals surface area contributed by atoms with Crippen LogP contribution in [0.1, 0.15) is 43.6 Å². The lowest BCUT2D eigenvalue weighted by Gasteiger charge is -2.42. The highest BCUT2D eigenvalue weighted by Gasteiger charge is 2.35. The molecule has 3 aliphatic carbocycles. The zero-order valence-corrected chi connectivity index (χ0v) is 9.02. The summed E-state index contributed by atoms with van der Waals surface area (Å²) in [7, 11) is 0. The van der Waals surface area contributed by atoms with Crippen LogP contribution in [0.15, 0.2) is 24.3 Å². The first-order chi connectivity index (χ1) is 7.33. The molecule has 1 unspecified atom stereocenters. The standard InChI is InChI=1S/C14H18O/c15-13-7-5-12(6-8-13)14-9-10-1-3-11(14)4-2-10/h5-8,10-11,14-15H,1-4,9H2. The highest BCUT2D eigenvalue weighted by molar-refractivity contribution is 5.29. The van der Waals surface area contributed by atoms with E-state index in [0.29, 0.717) is 5.75 Å². The van der Waals surface area contributed by atoms with Crippen molar-refractivity contribution in [3.05, 3.63) is 29.8 Å². The van der Waals surface area contributed by atoms with Gasteiger partial charge in [-0.1, -0.05) is 25.0 Å². The van der Waals surface area contributed by atoms with E-state index in [9.17, 15) is 5.11 Å². The van der Waals surface area contributed by atoms with Gasteiger partial charge in [-0.3, -0.25) is 0 Å². The van der Waals surface area contributed by atoms with Gasteiger partial charge in [-0.05, 0) is 54.7 Å². The summed E-state index contributed by atoms with van der Waals surface area (Å²) < 4.78 is 0. The maximum absolute atomic E-state index is 9.29. The molecular weight excluding hydrogens is 184 g/mol. The van der Waals surface area contributed by atoms with Crippen LogP contribution in [0, 0.1) is 11.8 Å². The fourth-order valence-corrected chi connectivity index (χ4v) is 3.51. The third-order valence-corrected chi connectivity index (χ3v) is 4.37. The zero-order valence-electron chi connectivity index (χ0n) is 9.02. The minimum absolute atomic E-state index is 0.389. The maximum Gasteiger partial charge on any atom is 0.115 e. The predicted molar refractivity (Wildman–Crippen MR) is 60.9 cm³/mol. The molecule has 1 aromatic rings. The van der Waals surface area contributed by atoms with E-state index < -0.39 is 0 Å². The van der Waals surface area contributed by atoms with Gasteiger partial charge in [0, 0.05) is 0 Å². The number of hydrogen-bond acceptors (Lipinski definition) is 1. The molecule has 80 valence electrons. The van der Waals surface area contributed by atoms with E-state index in [1.54, 1.807) is 0 Å². The van der Waals surface area contributed by atoms with Crippen molar-refractivity contribution in [1.82, 2.24) is 0 Å². The van der Waals surface area contributed by atoms with Crippen LogP contribution in [0.3, 0.4) is 0 Å². The second-order valence-corrected chi connectivity index (χ2v) is 5.21. The summed E-state index contributed by atoms with van der Waals surface area (Å²) >= 11 is 0.